The molecule has 0 radical (unpaired) electrons. The standard InChI is InChI=1S/C25H23BrCl2N2O5/c1-12-7-15(8-13(2)22(12)26)29-21(31)11-35-25(34)14-3-5-16(6-4-14)30-23(32)17-9-19(27)20(28)10-18(17)24(30)33/h3-8,17-20H,9-11H2,1-2H3,(H,29,31)/t17-,18+,19-,20-/m0/s1. The highest BCUT2D eigenvalue weighted by molar-refractivity contribution is 9.10. The number of aryl methyl sites for hydroxylation is 2. The Morgan fingerprint density at radius 2 is 1.51 bits per heavy atom. The number of carbonyl (C=O) groups excluding carboxylic acids is 4. The molecule has 4 rings (SSSR count). The predicted molar refractivity (Wildman–Crippen MR) is 137 cm³/mol. The monoisotopic (exact) mass is 580 g/mol. The number of nitrogens with one attached hydrogen (secondary N) is 1. The van der Waals surface area contributed by atoms with Gasteiger partial charge in [0, 0.05) is 10.2 Å². The molecule has 1 saturated heterocycles. The van der Waals surface area contributed by atoms with Crippen LogP contribution in [-0.4, -0.2) is 41.1 Å². The molecule has 35 heavy (non-hydrogen) atoms. The highest BCUT2D eigenvalue weighted by Gasteiger charge is 2.52. The largest absolute Gasteiger partial charge is 0.452 e. The smallest absolute Gasteiger partial charge is 0.338 e. The first-order chi connectivity index (χ1) is 16.6. The van der Waals surface area contributed by atoms with Gasteiger partial charge in [0.25, 0.3) is 5.91 Å². The molecule has 1 saturated carbocycles. The highest BCUT2D eigenvalue weighted by Crippen LogP contribution is 2.43. The molecular weight excluding hydrogens is 559 g/mol. The summed E-state index contributed by atoms with van der Waals surface area (Å²) in [4.78, 5) is 51.5. The number of imide groups is 1. The topological polar surface area (TPSA) is 92.8 Å². The van der Waals surface area contributed by atoms with Crippen LogP contribution in [0.4, 0.5) is 11.4 Å². The SMILES string of the molecule is Cc1cc(NC(=O)COC(=O)c2ccc(N3C(=O)[C@H]4C[C@H](Cl)[C@@H](Cl)C[C@H]4C3=O)cc2)cc(C)c1Br. The number of nitrogens with zero attached hydrogens (tertiary/aromatic N) is 1. The summed E-state index contributed by atoms with van der Waals surface area (Å²) in [5.74, 6) is -2.75. The van der Waals surface area contributed by atoms with Crippen molar-refractivity contribution >= 4 is 74.2 Å². The van der Waals surface area contributed by atoms with E-state index in [1.165, 1.54) is 24.3 Å². The Bertz CT molecular complexity index is 1150. The summed E-state index contributed by atoms with van der Waals surface area (Å²) in [5, 5.41) is 1.99. The number of amides is 3. The van der Waals surface area contributed by atoms with E-state index in [0.717, 1.165) is 20.5 Å². The average Bonchev–Trinajstić information content (AvgIpc) is 3.05. The lowest BCUT2D eigenvalue weighted by molar-refractivity contribution is -0.122. The first kappa shape index (κ1) is 25.7. The van der Waals surface area contributed by atoms with Crippen LogP contribution in [0.5, 0.6) is 0 Å². The number of halogens is 3. The van der Waals surface area contributed by atoms with E-state index in [1.807, 2.05) is 26.0 Å². The van der Waals surface area contributed by atoms with Crippen molar-refractivity contribution in [3.63, 3.8) is 0 Å². The maximum absolute atomic E-state index is 12.9. The Hall–Kier alpha value is -2.42. The summed E-state index contributed by atoms with van der Waals surface area (Å²) in [7, 11) is 0. The van der Waals surface area contributed by atoms with Crippen molar-refractivity contribution in [1.29, 1.82) is 0 Å². The minimum Gasteiger partial charge on any atom is -0.452 e. The zero-order chi connectivity index (χ0) is 25.4. The molecule has 4 atom stereocenters. The molecule has 0 spiro atoms. The van der Waals surface area contributed by atoms with Crippen molar-refractivity contribution in [2.24, 2.45) is 11.8 Å². The van der Waals surface area contributed by atoms with Crippen molar-refractivity contribution < 1.29 is 23.9 Å². The highest BCUT2D eigenvalue weighted by atomic mass is 79.9. The van der Waals surface area contributed by atoms with E-state index in [4.69, 9.17) is 27.9 Å². The van der Waals surface area contributed by atoms with Gasteiger partial charge in [0.15, 0.2) is 6.61 Å². The van der Waals surface area contributed by atoms with Crippen molar-refractivity contribution in [2.75, 3.05) is 16.8 Å². The van der Waals surface area contributed by atoms with Crippen molar-refractivity contribution in [3.8, 4) is 0 Å². The quantitative estimate of drug-likeness (QED) is 0.305. The summed E-state index contributed by atoms with van der Waals surface area (Å²) in [6.07, 6.45) is 0.709. The molecule has 1 aliphatic carbocycles. The van der Waals surface area contributed by atoms with Gasteiger partial charge in [-0.15, -0.1) is 23.2 Å². The van der Waals surface area contributed by atoms with Gasteiger partial charge in [-0.3, -0.25) is 19.3 Å². The molecule has 7 nitrogen and oxygen atoms in total. The lowest BCUT2D eigenvalue weighted by Gasteiger charge is -2.28. The number of anilines is 2. The Labute approximate surface area is 221 Å². The molecule has 10 heteroatoms. The van der Waals surface area contributed by atoms with Gasteiger partial charge in [-0.1, -0.05) is 15.9 Å². The number of rotatable bonds is 5. The zero-order valence-electron chi connectivity index (χ0n) is 19.0. The van der Waals surface area contributed by atoms with E-state index >= 15 is 0 Å². The molecule has 1 heterocycles. The number of ether oxygens (including phenoxy) is 1. The molecular formula is C25H23BrCl2N2O5. The average molecular weight is 582 g/mol. The van der Waals surface area contributed by atoms with Gasteiger partial charge in [-0.05, 0) is 74.2 Å². The van der Waals surface area contributed by atoms with Gasteiger partial charge < -0.3 is 10.1 Å². The van der Waals surface area contributed by atoms with E-state index in [0.29, 0.717) is 24.2 Å². The first-order valence-electron chi connectivity index (χ1n) is 11.1. The van der Waals surface area contributed by atoms with Gasteiger partial charge in [0.1, 0.15) is 0 Å². The number of alkyl halides is 2. The molecule has 2 aromatic carbocycles. The van der Waals surface area contributed by atoms with Crippen LogP contribution < -0.4 is 10.2 Å². The fourth-order valence-corrected chi connectivity index (χ4v) is 5.34. The second-order valence-electron chi connectivity index (χ2n) is 8.82. The van der Waals surface area contributed by atoms with Gasteiger partial charge >= 0.3 is 5.97 Å². The molecule has 1 aliphatic heterocycles. The van der Waals surface area contributed by atoms with E-state index in [2.05, 4.69) is 21.2 Å². The summed E-state index contributed by atoms with van der Waals surface area (Å²) >= 11 is 15.9. The van der Waals surface area contributed by atoms with E-state index in [-0.39, 0.29) is 28.1 Å². The van der Waals surface area contributed by atoms with E-state index < -0.39 is 30.3 Å². The minimum atomic E-state index is -0.697. The molecule has 0 unspecified atom stereocenters. The number of carbonyl (C=O) groups is 4. The Morgan fingerprint density at radius 3 is 2.03 bits per heavy atom. The van der Waals surface area contributed by atoms with Crippen LogP contribution in [0.25, 0.3) is 0 Å². The maximum atomic E-state index is 12.9. The normalized spacial score (nSPS) is 23.7. The summed E-state index contributed by atoms with van der Waals surface area (Å²) in [6.45, 7) is 3.37. The van der Waals surface area contributed by atoms with Crippen molar-refractivity contribution in [3.05, 3.63) is 57.6 Å². The Kier molecular flexibility index (Phi) is 7.54. The number of fused-ring (bicyclic) bond motifs is 1. The Balaban J connectivity index is 1.36. The van der Waals surface area contributed by atoms with Crippen LogP contribution >= 0.6 is 39.1 Å². The van der Waals surface area contributed by atoms with Crippen molar-refractivity contribution in [2.45, 2.75) is 37.4 Å². The zero-order valence-corrected chi connectivity index (χ0v) is 22.1. The fraction of sp³-hybridized carbons (Fsp3) is 0.360. The number of esters is 1. The van der Waals surface area contributed by atoms with E-state index in [9.17, 15) is 19.2 Å². The lowest BCUT2D eigenvalue weighted by atomic mass is 9.80. The third-order valence-electron chi connectivity index (χ3n) is 6.33. The van der Waals surface area contributed by atoms with E-state index in [1.54, 1.807) is 0 Å². The summed E-state index contributed by atoms with van der Waals surface area (Å²) in [5.41, 5.74) is 3.10. The van der Waals surface area contributed by atoms with Gasteiger partial charge in [-0.25, -0.2) is 4.79 Å². The first-order valence-corrected chi connectivity index (χ1v) is 12.7. The lowest BCUT2D eigenvalue weighted by Crippen LogP contribution is -2.34. The van der Waals surface area contributed by atoms with Crippen LogP contribution in [0, 0.1) is 25.7 Å². The third-order valence-corrected chi connectivity index (χ3v) is 8.67. The van der Waals surface area contributed by atoms with Crippen LogP contribution in [-0.2, 0) is 19.1 Å². The van der Waals surface area contributed by atoms with Crippen LogP contribution in [0.3, 0.4) is 0 Å². The number of benzene rings is 2. The second-order valence-corrected chi connectivity index (χ2v) is 10.7. The molecule has 3 amide bonds. The molecule has 1 N–H and O–H groups in total. The summed E-state index contributed by atoms with van der Waals surface area (Å²) in [6, 6.07) is 9.55. The molecule has 0 aromatic heterocycles. The molecule has 0 bridgehead atoms. The maximum Gasteiger partial charge on any atom is 0.338 e. The predicted octanol–water partition coefficient (Wildman–Crippen LogP) is 4.98. The summed E-state index contributed by atoms with van der Waals surface area (Å²) < 4.78 is 6.08. The van der Waals surface area contributed by atoms with Gasteiger partial charge in [0.05, 0.1) is 33.8 Å². The number of hydrogen-bond donors (Lipinski definition) is 1. The molecule has 2 aliphatic rings. The van der Waals surface area contributed by atoms with Crippen LogP contribution in [0.2, 0.25) is 0 Å². The third kappa shape index (κ3) is 5.25. The number of hydrogen-bond acceptors (Lipinski definition) is 5. The molecule has 2 aromatic rings. The van der Waals surface area contributed by atoms with Gasteiger partial charge in [0.2, 0.25) is 11.8 Å². The second kappa shape index (κ2) is 10.3. The van der Waals surface area contributed by atoms with Crippen molar-refractivity contribution in [1.82, 2.24) is 0 Å². The van der Waals surface area contributed by atoms with Gasteiger partial charge in [-0.2, -0.15) is 0 Å². The van der Waals surface area contributed by atoms with Crippen LogP contribution in [0.15, 0.2) is 40.9 Å². The molecule has 184 valence electrons. The minimum absolute atomic E-state index is 0.190. The Morgan fingerprint density at radius 1 is 1.00 bits per heavy atom. The molecule has 2 fully saturated rings. The fourth-order valence-electron chi connectivity index (χ4n) is 4.53. The van der Waals surface area contributed by atoms with Crippen LogP contribution in [0.1, 0.15) is 34.3 Å².